The Morgan fingerprint density at radius 3 is 2.10 bits per heavy atom. The maximum absolute atomic E-state index is 13.8. The standard InChI is InChI=1S/C37H43N15O6/c1-5-51-25(14-19(3)47-51)34(56)45-37-44-24-16-22(32(41)55)18-42-33(24)50(37)12-8-7-11-49-29-23(15-21(31(40)54)17-26(29)58-13-9-10-27(38)53)43-36(49)46-35(57)30-28(39)20(4)48-52(30)6-2/h7-8,14-18H,5-6,9-13,39H2,1-4H3,(H2,38,53)(H2,40,54)(H2,41,55)(H,43,46,57)(H,44,45,56)/b8-7+. The molecule has 5 amide bonds. The minimum absolute atomic E-state index is 0.0692. The number of amides is 5. The summed E-state index contributed by atoms with van der Waals surface area (Å²) in [5.74, 6) is -2.52. The smallest absolute Gasteiger partial charge is 0.278 e. The molecule has 5 heterocycles. The molecule has 21 heteroatoms. The van der Waals surface area contributed by atoms with Crippen LogP contribution >= 0.6 is 0 Å². The monoisotopic (exact) mass is 793 g/mol. The average molecular weight is 794 g/mol. The number of nitrogens with zero attached hydrogens (tertiary/aromatic N) is 9. The molecule has 21 nitrogen and oxygen atoms in total. The first kappa shape index (κ1) is 40.1. The SMILES string of the molecule is CCn1nc(C)cc1C(=O)Nc1nc2cc(C(N)=O)cnc2n1C/C=C/Cn1c(NC(=O)c2c(N)c(C)nn2CC)nc2cc(C(N)=O)cc(OCCCC(N)=O)c21. The molecule has 0 aliphatic rings. The van der Waals surface area contributed by atoms with Gasteiger partial charge in [-0.25, -0.2) is 15.0 Å². The third-order valence-electron chi connectivity index (χ3n) is 9.10. The molecule has 58 heavy (non-hydrogen) atoms. The first-order valence-corrected chi connectivity index (χ1v) is 18.3. The highest BCUT2D eigenvalue weighted by Crippen LogP contribution is 2.32. The van der Waals surface area contributed by atoms with Gasteiger partial charge < -0.3 is 32.2 Å². The number of rotatable bonds is 17. The molecular weight excluding hydrogens is 751 g/mol. The van der Waals surface area contributed by atoms with Gasteiger partial charge in [-0.1, -0.05) is 12.2 Å². The van der Waals surface area contributed by atoms with Crippen LogP contribution in [-0.4, -0.2) is 79.8 Å². The number of carbonyl (C=O) groups is 5. The molecule has 0 radical (unpaired) electrons. The topological polar surface area (TPSA) is 307 Å². The second kappa shape index (κ2) is 16.6. The van der Waals surface area contributed by atoms with Crippen molar-refractivity contribution >= 4 is 69.3 Å². The van der Waals surface area contributed by atoms with Crippen LogP contribution in [0.25, 0.3) is 22.2 Å². The second-order valence-electron chi connectivity index (χ2n) is 13.2. The number of imidazole rings is 2. The molecule has 0 unspecified atom stereocenters. The van der Waals surface area contributed by atoms with Crippen molar-refractivity contribution in [3.63, 3.8) is 0 Å². The number of nitrogens with two attached hydrogens (primary N) is 4. The minimum Gasteiger partial charge on any atom is -0.491 e. The molecule has 1 aromatic carbocycles. The zero-order chi connectivity index (χ0) is 41.8. The number of fused-ring (bicyclic) bond motifs is 2. The first-order chi connectivity index (χ1) is 27.7. The predicted octanol–water partition coefficient (Wildman–Crippen LogP) is 2.02. The fourth-order valence-electron chi connectivity index (χ4n) is 6.32. The van der Waals surface area contributed by atoms with Crippen molar-refractivity contribution < 1.29 is 28.7 Å². The first-order valence-electron chi connectivity index (χ1n) is 18.3. The van der Waals surface area contributed by atoms with Crippen molar-refractivity contribution in [1.29, 1.82) is 0 Å². The molecule has 0 saturated heterocycles. The van der Waals surface area contributed by atoms with Gasteiger partial charge in [0.25, 0.3) is 11.8 Å². The van der Waals surface area contributed by atoms with E-state index < -0.39 is 29.5 Å². The number of aryl methyl sites for hydroxylation is 4. The van der Waals surface area contributed by atoms with Gasteiger partial charge in [0.05, 0.1) is 34.8 Å². The van der Waals surface area contributed by atoms with Crippen LogP contribution in [0.3, 0.4) is 0 Å². The summed E-state index contributed by atoms with van der Waals surface area (Å²) in [6, 6.07) is 6.08. The van der Waals surface area contributed by atoms with E-state index in [2.05, 4.69) is 35.8 Å². The van der Waals surface area contributed by atoms with E-state index in [1.807, 2.05) is 13.8 Å². The summed E-state index contributed by atoms with van der Waals surface area (Å²) in [4.78, 5) is 76.6. The molecule has 6 rings (SSSR count). The summed E-state index contributed by atoms with van der Waals surface area (Å²) in [7, 11) is 0. The van der Waals surface area contributed by atoms with E-state index in [0.29, 0.717) is 53.3 Å². The lowest BCUT2D eigenvalue weighted by atomic mass is 10.1. The molecule has 0 bridgehead atoms. The number of aromatic nitrogens is 9. The van der Waals surface area contributed by atoms with Crippen LogP contribution in [0.4, 0.5) is 17.6 Å². The minimum atomic E-state index is -0.736. The van der Waals surface area contributed by atoms with Crippen molar-refractivity contribution in [2.45, 2.75) is 66.7 Å². The van der Waals surface area contributed by atoms with E-state index in [9.17, 15) is 24.0 Å². The maximum Gasteiger partial charge on any atom is 0.278 e. The molecule has 0 atom stereocenters. The summed E-state index contributed by atoms with van der Waals surface area (Å²) >= 11 is 0. The van der Waals surface area contributed by atoms with Crippen LogP contribution in [0.5, 0.6) is 5.75 Å². The fourth-order valence-corrected chi connectivity index (χ4v) is 6.32. The van der Waals surface area contributed by atoms with Crippen LogP contribution in [0.2, 0.25) is 0 Å². The summed E-state index contributed by atoms with van der Waals surface area (Å²) in [5.41, 5.74) is 26.2. The number of ether oxygens (including phenoxy) is 1. The Balaban J connectivity index is 1.39. The molecule has 0 aliphatic heterocycles. The van der Waals surface area contributed by atoms with Crippen molar-refractivity contribution in [2.24, 2.45) is 17.2 Å². The molecule has 10 N–H and O–H groups in total. The number of anilines is 3. The van der Waals surface area contributed by atoms with Crippen molar-refractivity contribution in [3.05, 3.63) is 76.5 Å². The lowest BCUT2D eigenvalue weighted by Crippen LogP contribution is -2.21. The van der Waals surface area contributed by atoms with Crippen LogP contribution in [0.15, 0.2) is 42.6 Å². The summed E-state index contributed by atoms with van der Waals surface area (Å²) in [5, 5.41) is 14.4. The summed E-state index contributed by atoms with van der Waals surface area (Å²) < 4.78 is 12.4. The van der Waals surface area contributed by atoms with E-state index in [-0.39, 0.29) is 71.8 Å². The maximum atomic E-state index is 13.8. The Labute approximate surface area is 330 Å². The number of nitrogens with one attached hydrogen (secondary N) is 2. The zero-order valence-corrected chi connectivity index (χ0v) is 32.3. The molecular formula is C37H43N15O6. The number of hydrogen-bond acceptors (Lipinski definition) is 12. The number of carbonyl (C=O) groups excluding carboxylic acids is 5. The number of nitrogen functional groups attached to an aromatic ring is 1. The van der Waals surface area contributed by atoms with Gasteiger partial charge in [0, 0.05) is 44.4 Å². The molecule has 0 saturated carbocycles. The molecule has 0 spiro atoms. The lowest BCUT2D eigenvalue weighted by Gasteiger charge is -2.13. The van der Waals surface area contributed by atoms with Gasteiger partial charge in [-0.3, -0.25) is 48.5 Å². The summed E-state index contributed by atoms with van der Waals surface area (Å²) in [6.07, 6.45) is 5.23. The van der Waals surface area contributed by atoms with Crippen molar-refractivity contribution in [1.82, 2.24) is 43.6 Å². The molecule has 0 aliphatic carbocycles. The highest BCUT2D eigenvalue weighted by atomic mass is 16.5. The molecule has 5 aromatic heterocycles. The van der Waals surface area contributed by atoms with Crippen LogP contribution < -0.4 is 38.3 Å². The van der Waals surface area contributed by atoms with Gasteiger partial charge in [0.1, 0.15) is 28.2 Å². The Kier molecular flexibility index (Phi) is 11.5. The molecule has 6 aromatic rings. The fraction of sp³-hybridized carbons (Fsp3) is 0.297. The van der Waals surface area contributed by atoms with Gasteiger partial charge >= 0.3 is 0 Å². The van der Waals surface area contributed by atoms with E-state index in [4.69, 9.17) is 27.7 Å². The Morgan fingerprint density at radius 1 is 0.793 bits per heavy atom. The van der Waals surface area contributed by atoms with Gasteiger partial charge in [-0.15, -0.1) is 0 Å². The number of primary amides is 3. The zero-order valence-electron chi connectivity index (χ0n) is 32.3. The van der Waals surface area contributed by atoms with E-state index >= 15 is 0 Å². The van der Waals surface area contributed by atoms with Crippen LogP contribution in [0.1, 0.15) is 79.8 Å². The number of pyridine rings is 1. The Bertz CT molecular complexity index is 2630. The highest BCUT2D eigenvalue weighted by molar-refractivity contribution is 6.07. The molecule has 302 valence electrons. The predicted molar refractivity (Wildman–Crippen MR) is 213 cm³/mol. The number of hydrogen-bond donors (Lipinski definition) is 6. The van der Waals surface area contributed by atoms with E-state index in [1.165, 1.54) is 29.1 Å². The average Bonchev–Trinajstić information content (AvgIpc) is 3.92. The normalized spacial score (nSPS) is 11.4. The largest absolute Gasteiger partial charge is 0.491 e. The van der Waals surface area contributed by atoms with E-state index in [0.717, 1.165) is 0 Å². The van der Waals surface area contributed by atoms with Gasteiger partial charge in [-0.2, -0.15) is 10.2 Å². The summed E-state index contributed by atoms with van der Waals surface area (Å²) in [6.45, 7) is 8.28. The van der Waals surface area contributed by atoms with E-state index in [1.54, 1.807) is 45.9 Å². The molecule has 0 fully saturated rings. The second-order valence-corrected chi connectivity index (χ2v) is 13.2. The Morgan fingerprint density at radius 2 is 1.43 bits per heavy atom. The van der Waals surface area contributed by atoms with Crippen LogP contribution in [0, 0.1) is 13.8 Å². The quantitative estimate of drug-likeness (QED) is 0.0571. The number of allylic oxidation sites excluding steroid dienone is 2. The highest BCUT2D eigenvalue weighted by Gasteiger charge is 2.24. The third-order valence-corrected chi connectivity index (χ3v) is 9.10. The van der Waals surface area contributed by atoms with Gasteiger partial charge in [-0.05, 0) is 58.4 Å². The van der Waals surface area contributed by atoms with Crippen LogP contribution in [-0.2, 0) is 31.0 Å². The van der Waals surface area contributed by atoms with Crippen molar-refractivity contribution in [2.75, 3.05) is 23.0 Å². The number of benzene rings is 1. The third kappa shape index (κ3) is 8.17. The Hall–Kier alpha value is -7.58. The lowest BCUT2D eigenvalue weighted by molar-refractivity contribution is -0.118. The van der Waals surface area contributed by atoms with Crippen molar-refractivity contribution in [3.8, 4) is 5.75 Å². The van der Waals surface area contributed by atoms with Gasteiger partial charge in [0.2, 0.25) is 29.6 Å². The van der Waals surface area contributed by atoms with Gasteiger partial charge in [0.15, 0.2) is 5.65 Å².